The topological polar surface area (TPSA) is 64.4 Å². The van der Waals surface area contributed by atoms with Gasteiger partial charge in [0.2, 0.25) is 0 Å². The minimum absolute atomic E-state index is 0.126. The third-order valence-corrected chi connectivity index (χ3v) is 2.51. The Morgan fingerprint density at radius 2 is 2.29 bits per heavy atom. The summed E-state index contributed by atoms with van der Waals surface area (Å²) in [4.78, 5) is 10.1. The molecule has 1 atom stereocenters. The molecule has 0 aromatic heterocycles. The molecule has 0 radical (unpaired) electrons. The molecular weight excluding hydrogens is 251 g/mol. The Balaban J connectivity index is 2.96. The molecule has 17 heavy (non-hydrogen) atoms. The second-order valence-corrected chi connectivity index (χ2v) is 3.87. The lowest BCUT2D eigenvalue weighted by Crippen LogP contribution is -2.18. The van der Waals surface area contributed by atoms with E-state index >= 15 is 0 Å². The molecule has 0 aliphatic carbocycles. The van der Waals surface area contributed by atoms with Gasteiger partial charge < -0.3 is 10.1 Å². The Kier molecular flexibility index (Phi) is 4.65. The maximum atomic E-state index is 13.1. The lowest BCUT2D eigenvalue weighted by Gasteiger charge is -2.12. The standard InChI is InChI=1S/C10H12ClFN2O3/c1-6(17-2)5-13-9-3-7(11)8(12)4-10(9)14(15)16/h3-4,6,13H,5H2,1-2H3. The minimum Gasteiger partial charge on any atom is -0.380 e. The van der Waals surface area contributed by atoms with Crippen LogP contribution in [0.25, 0.3) is 0 Å². The van der Waals surface area contributed by atoms with Gasteiger partial charge in [-0.3, -0.25) is 10.1 Å². The molecule has 0 saturated heterocycles. The van der Waals surface area contributed by atoms with Crippen LogP contribution in [0.2, 0.25) is 5.02 Å². The first-order valence-corrected chi connectivity index (χ1v) is 5.23. The summed E-state index contributed by atoms with van der Waals surface area (Å²) < 4.78 is 18.1. The van der Waals surface area contributed by atoms with E-state index in [1.807, 2.05) is 0 Å². The van der Waals surface area contributed by atoms with E-state index < -0.39 is 10.7 Å². The van der Waals surface area contributed by atoms with E-state index in [0.717, 1.165) is 6.07 Å². The van der Waals surface area contributed by atoms with Crippen molar-refractivity contribution in [3.8, 4) is 0 Å². The van der Waals surface area contributed by atoms with Crippen LogP contribution < -0.4 is 5.32 Å². The number of nitrogens with zero attached hydrogens (tertiary/aromatic N) is 1. The predicted octanol–water partition coefficient (Wildman–Crippen LogP) is 2.83. The van der Waals surface area contributed by atoms with Crippen LogP contribution >= 0.6 is 11.6 Å². The van der Waals surface area contributed by atoms with Gasteiger partial charge in [0.25, 0.3) is 5.69 Å². The molecule has 94 valence electrons. The predicted molar refractivity (Wildman–Crippen MR) is 63.0 cm³/mol. The molecule has 0 spiro atoms. The van der Waals surface area contributed by atoms with Crippen LogP contribution in [-0.2, 0) is 4.74 Å². The lowest BCUT2D eigenvalue weighted by atomic mass is 10.2. The van der Waals surface area contributed by atoms with Crippen LogP contribution in [-0.4, -0.2) is 24.7 Å². The van der Waals surface area contributed by atoms with Crippen molar-refractivity contribution in [3.63, 3.8) is 0 Å². The smallest absolute Gasteiger partial charge is 0.295 e. The van der Waals surface area contributed by atoms with Crippen molar-refractivity contribution >= 4 is 23.0 Å². The molecule has 0 aliphatic heterocycles. The van der Waals surface area contributed by atoms with Gasteiger partial charge in [-0.2, -0.15) is 0 Å². The summed E-state index contributed by atoms with van der Waals surface area (Å²) in [7, 11) is 1.53. The average Bonchev–Trinajstić information content (AvgIpc) is 2.29. The zero-order valence-corrected chi connectivity index (χ0v) is 10.1. The molecule has 5 nitrogen and oxygen atoms in total. The average molecular weight is 263 g/mol. The fraction of sp³-hybridized carbons (Fsp3) is 0.400. The fourth-order valence-corrected chi connectivity index (χ4v) is 1.33. The largest absolute Gasteiger partial charge is 0.380 e. The van der Waals surface area contributed by atoms with Gasteiger partial charge in [0, 0.05) is 13.7 Å². The van der Waals surface area contributed by atoms with E-state index in [0.29, 0.717) is 6.54 Å². The van der Waals surface area contributed by atoms with Gasteiger partial charge in [0.1, 0.15) is 11.5 Å². The van der Waals surface area contributed by atoms with E-state index in [2.05, 4.69) is 5.32 Å². The van der Waals surface area contributed by atoms with Gasteiger partial charge in [0.15, 0.2) is 0 Å². The number of anilines is 1. The number of benzene rings is 1. The van der Waals surface area contributed by atoms with E-state index in [9.17, 15) is 14.5 Å². The Hall–Kier alpha value is -1.40. The van der Waals surface area contributed by atoms with E-state index in [-0.39, 0.29) is 22.5 Å². The minimum atomic E-state index is -0.816. The highest BCUT2D eigenvalue weighted by Crippen LogP contribution is 2.30. The second kappa shape index (κ2) is 5.79. The quantitative estimate of drug-likeness (QED) is 0.655. The Morgan fingerprint density at radius 1 is 1.65 bits per heavy atom. The highest BCUT2D eigenvalue weighted by Gasteiger charge is 2.18. The molecule has 0 heterocycles. The highest BCUT2D eigenvalue weighted by molar-refractivity contribution is 6.31. The van der Waals surface area contributed by atoms with E-state index in [1.165, 1.54) is 13.2 Å². The molecule has 1 N–H and O–H groups in total. The Labute approximate surface area is 103 Å². The van der Waals surface area contributed by atoms with Gasteiger partial charge in [-0.25, -0.2) is 4.39 Å². The SMILES string of the molecule is COC(C)CNc1cc(Cl)c(F)cc1[N+](=O)[O-]. The van der Waals surface area contributed by atoms with Crippen molar-refractivity contribution in [1.82, 2.24) is 0 Å². The first kappa shape index (κ1) is 13.7. The summed E-state index contributed by atoms with van der Waals surface area (Å²) in [5, 5.41) is 13.4. The first-order chi connectivity index (χ1) is 7.95. The van der Waals surface area contributed by atoms with Crippen LogP contribution in [0.5, 0.6) is 0 Å². The summed E-state index contributed by atoms with van der Waals surface area (Å²) in [5.41, 5.74) is -0.180. The molecule has 1 unspecified atom stereocenters. The summed E-state index contributed by atoms with van der Waals surface area (Å²) in [6, 6.07) is 1.99. The van der Waals surface area contributed by atoms with Gasteiger partial charge >= 0.3 is 0 Å². The van der Waals surface area contributed by atoms with Gasteiger partial charge in [-0.15, -0.1) is 0 Å². The van der Waals surface area contributed by atoms with Crippen molar-refractivity contribution in [2.45, 2.75) is 13.0 Å². The van der Waals surface area contributed by atoms with E-state index in [4.69, 9.17) is 16.3 Å². The molecule has 7 heteroatoms. The Morgan fingerprint density at radius 3 is 2.82 bits per heavy atom. The maximum absolute atomic E-state index is 13.1. The summed E-state index contributed by atoms with van der Waals surface area (Å²) in [6.07, 6.45) is -0.126. The number of hydrogen-bond acceptors (Lipinski definition) is 4. The molecule has 0 aliphatic rings. The van der Waals surface area contributed by atoms with Gasteiger partial charge in [-0.1, -0.05) is 11.6 Å². The van der Waals surface area contributed by atoms with Crippen LogP contribution in [0, 0.1) is 15.9 Å². The molecule has 1 aromatic carbocycles. The van der Waals surface area contributed by atoms with Gasteiger partial charge in [0.05, 0.1) is 22.1 Å². The number of nitro benzene ring substituents is 1. The zero-order valence-electron chi connectivity index (χ0n) is 9.37. The maximum Gasteiger partial charge on any atom is 0.295 e. The number of methoxy groups -OCH3 is 1. The summed E-state index contributed by atoms with van der Waals surface area (Å²) >= 11 is 5.57. The third kappa shape index (κ3) is 3.54. The third-order valence-electron chi connectivity index (χ3n) is 2.22. The molecule has 0 amide bonds. The number of ether oxygens (including phenoxy) is 1. The zero-order chi connectivity index (χ0) is 13.0. The van der Waals surface area contributed by atoms with Crippen molar-refractivity contribution in [3.05, 3.63) is 33.1 Å². The summed E-state index contributed by atoms with van der Waals surface area (Å²) in [6.45, 7) is 2.16. The number of hydrogen-bond donors (Lipinski definition) is 1. The van der Waals surface area contributed by atoms with Crippen molar-refractivity contribution in [1.29, 1.82) is 0 Å². The molecule has 0 fully saturated rings. The molecular formula is C10H12ClFN2O3. The molecule has 1 rings (SSSR count). The van der Waals surface area contributed by atoms with Crippen molar-refractivity contribution in [2.75, 3.05) is 19.0 Å². The first-order valence-electron chi connectivity index (χ1n) is 4.85. The number of rotatable bonds is 5. The lowest BCUT2D eigenvalue weighted by molar-refractivity contribution is -0.384. The summed E-state index contributed by atoms with van der Waals surface area (Å²) in [5.74, 6) is -0.816. The van der Waals surface area contributed by atoms with Crippen molar-refractivity contribution in [2.24, 2.45) is 0 Å². The Bertz CT molecular complexity index is 428. The molecule has 1 aromatic rings. The van der Waals surface area contributed by atoms with Crippen LogP contribution in [0.3, 0.4) is 0 Å². The van der Waals surface area contributed by atoms with E-state index in [1.54, 1.807) is 6.92 Å². The molecule has 0 saturated carbocycles. The normalized spacial score (nSPS) is 12.2. The highest BCUT2D eigenvalue weighted by atomic mass is 35.5. The fourth-order valence-electron chi connectivity index (χ4n) is 1.17. The van der Waals surface area contributed by atoms with Crippen LogP contribution in [0.4, 0.5) is 15.8 Å². The second-order valence-electron chi connectivity index (χ2n) is 3.47. The number of halogens is 2. The molecule has 0 bridgehead atoms. The number of nitrogens with one attached hydrogen (secondary N) is 1. The van der Waals surface area contributed by atoms with Crippen molar-refractivity contribution < 1.29 is 14.1 Å². The monoisotopic (exact) mass is 262 g/mol. The van der Waals surface area contributed by atoms with Crippen LogP contribution in [0.15, 0.2) is 12.1 Å². The number of nitro groups is 1. The van der Waals surface area contributed by atoms with Crippen LogP contribution in [0.1, 0.15) is 6.92 Å². The van der Waals surface area contributed by atoms with Gasteiger partial charge in [-0.05, 0) is 13.0 Å².